The first-order valence-corrected chi connectivity index (χ1v) is 7.17. The highest BCUT2D eigenvalue weighted by molar-refractivity contribution is 5.06. The zero-order chi connectivity index (χ0) is 12.5. The van der Waals surface area contributed by atoms with Crippen LogP contribution in [-0.4, -0.2) is 34.7 Å². The molecule has 1 aromatic rings. The van der Waals surface area contributed by atoms with Gasteiger partial charge < -0.3 is 9.84 Å². The van der Waals surface area contributed by atoms with E-state index in [1.54, 1.807) is 0 Å². The predicted molar refractivity (Wildman–Crippen MR) is 70.3 cm³/mol. The number of nitrogens with one attached hydrogen (secondary N) is 1. The van der Waals surface area contributed by atoms with Gasteiger partial charge in [0, 0.05) is 30.7 Å². The normalized spacial score (nSPS) is 32.0. The molecule has 0 aliphatic carbocycles. The van der Waals surface area contributed by atoms with Gasteiger partial charge in [0.2, 0.25) is 0 Å². The molecule has 0 saturated carbocycles. The Kier molecular flexibility index (Phi) is 3.39. The fourth-order valence-corrected chi connectivity index (χ4v) is 3.67. The molecule has 100 valence electrons. The van der Waals surface area contributed by atoms with E-state index in [0.29, 0.717) is 0 Å². The van der Waals surface area contributed by atoms with E-state index in [2.05, 4.69) is 28.4 Å². The molecule has 0 amide bonds. The highest BCUT2D eigenvalue weighted by Crippen LogP contribution is 2.36. The lowest BCUT2D eigenvalue weighted by Crippen LogP contribution is -2.48. The summed E-state index contributed by atoms with van der Waals surface area (Å²) in [5.41, 5.74) is 1.09. The molecular weight excluding hydrogens is 226 g/mol. The van der Waals surface area contributed by atoms with E-state index in [9.17, 15) is 0 Å². The molecule has 0 aromatic carbocycles. The second-order valence-electron chi connectivity index (χ2n) is 5.71. The van der Waals surface area contributed by atoms with Crippen LogP contribution in [0.3, 0.4) is 0 Å². The van der Waals surface area contributed by atoms with Gasteiger partial charge in [0.05, 0.1) is 5.69 Å². The minimum Gasteiger partial charge on any atom is -0.361 e. The van der Waals surface area contributed by atoms with E-state index in [1.807, 2.05) is 6.92 Å². The Morgan fingerprint density at radius 2 is 2.11 bits per heavy atom. The molecule has 4 nitrogen and oxygen atoms in total. The Labute approximate surface area is 109 Å². The first-order chi connectivity index (χ1) is 8.76. The summed E-state index contributed by atoms with van der Waals surface area (Å²) in [5, 5.41) is 7.74. The molecule has 4 heteroatoms. The van der Waals surface area contributed by atoms with Crippen molar-refractivity contribution in [2.24, 2.45) is 0 Å². The molecule has 3 rings (SSSR count). The third-order valence-corrected chi connectivity index (χ3v) is 4.40. The molecule has 1 N–H and O–H groups in total. The molecule has 2 bridgehead atoms. The first kappa shape index (κ1) is 12.2. The van der Waals surface area contributed by atoms with Crippen molar-refractivity contribution < 1.29 is 4.52 Å². The number of piperidine rings is 1. The maximum Gasteiger partial charge on any atom is 0.133 e. The fourth-order valence-electron chi connectivity index (χ4n) is 3.67. The van der Waals surface area contributed by atoms with Crippen LogP contribution >= 0.6 is 0 Å². The van der Waals surface area contributed by atoms with Crippen LogP contribution in [0.4, 0.5) is 0 Å². The maximum atomic E-state index is 5.17. The average molecular weight is 249 g/mol. The lowest BCUT2D eigenvalue weighted by Gasteiger charge is -2.38. The Morgan fingerprint density at radius 1 is 1.39 bits per heavy atom. The topological polar surface area (TPSA) is 41.3 Å². The number of hydrogen-bond donors (Lipinski definition) is 1. The monoisotopic (exact) mass is 249 g/mol. The molecule has 2 atom stereocenters. The summed E-state index contributed by atoms with van der Waals surface area (Å²) in [6.45, 7) is 6.22. The molecule has 0 radical (unpaired) electrons. The molecule has 0 spiro atoms. The van der Waals surface area contributed by atoms with E-state index < -0.39 is 0 Å². The Balaban J connectivity index is 1.65. The second-order valence-corrected chi connectivity index (χ2v) is 5.71. The second kappa shape index (κ2) is 5.02. The third kappa shape index (κ3) is 2.31. The van der Waals surface area contributed by atoms with Gasteiger partial charge in [-0.25, -0.2) is 0 Å². The van der Waals surface area contributed by atoms with Crippen LogP contribution in [0.25, 0.3) is 0 Å². The minimum atomic E-state index is 0.725. The van der Waals surface area contributed by atoms with Crippen LogP contribution in [0, 0.1) is 6.92 Å². The van der Waals surface area contributed by atoms with Crippen LogP contribution in [0.2, 0.25) is 0 Å². The molecule has 18 heavy (non-hydrogen) atoms. The Morgan fingerprint density at radius 3 is 2.67 bits per heavy atom. The summed E-state index contributed by atoms with van der Waals surface area (Å²) in [7, 11) is 0. The van der Waals surface area contributed by atoms with E-state index in [0.717, 1.165) is 42.7 Å². The van der Waals surface area contributed by atoms with Gasteiger partial charge in [0.25, 0.3) is 0 Å². The molecule has 2 saturated heterocycles. The van der Waals surface area contributed by atoms with Gasteiger partial charge in [-0.1, -0.05) is 12.1 Å². The number of aryl methyl sites for hydroxylation is 1. The molecule has 2 aliphatic heterocycles. The SMILES string of the molecule is CCNC1CC2CCC(C1)N2Cc1cc(C)on1. The Hall–Kier alpha value is -0.870. The van der Waals surface area contributed by atoms with E-state index in [-0.39, 0.29) is 0 Å². The van der Waals surface area contributed by atoms with Crippen LogP contribution in [0.15, 0.2) is 10.6 Å². The van der Waals surface area contributed by atoms with Crippen molar-refractivity contribution >= 4 is 0 Å². The largest absolute Gasteiger partial charge is 0.361 e. The number of hydrogen-bond acceptors (Lipinski definition) is 4. The van der Waals surface area contributed by atoms with Crippen molar-refractivity contribution in [3.8, 4) is 0 Å². The molecule has 1 aromatic heterocycles. The van der Waals surface area contributed by atoms with Crippen LogP contribution in [-0.2, 0) is 6.54 Å². The highest BCUT2D eigenvalue weighted by Gasteiger charge is 2.40. The lowest BCUT2D eigenvalue weighted by atomic mass is 9.97. The van der Waals surface area contributed by atoms with E-state index in [4.69, 9.17) is 4.52 Å². The smallest absolute Gasteiger partial charge is 0.133 e. The van der Waals surface area contributed by atoms with Crippen molar-refractivity contribution in [3.63, 3.8) is 0 Å². The summed E-state index contributed by atoms with van der Waals surface area (Å²) in [6.07, 6.45) is 5.29. The van der Waals surface area contributed by atoms with Gasteiger partial charge in [-0.3, -0.25) is 4.90 Å². The number of fused-ring (bicyclic) bond motifs is 2. The summed E-state index contributed by atoms with van der Waals surface area (Å²) < 4.78 is 5.17. The number of nitrogens with zero attached hydrogens (tertiary/aromatic N) is 2. The number of rotatable bonds is 4. The Bertz CT molecular complexity index is 389. The van der Waals surface area contributed by atoms with Gasteiger partial charge in [0.15, 0.2) is 0 Å². The van der Waals surface area contributed by atoms with E-state index in [1.165, 1.54) is 25.7 Å². The van der Waals surface area contributed by atoms with Crippen molar-refractivity contribution in [1.29, 1.82) is 0 Å². The van der Waals surface area contributed by atoms with Crippen molar-refractivity contribution in [2.45, 2.75) is 64.2 Å². The van der Waals surface area contributed by atoms with Crippen molar-refractivity contribution in [3.05, 3.63) is 17.5 Å². The zero-order valence-electron chi connectivity index (χ0n) is 11.4. The van der Waals surface area contributed by atoms with Gasteiger partial charge in [0.1, 0.15) is 5.76 Å². The standard InChI is InChI=1S/C14H23N3O/c1-3-15-11-7-13-4-5-14(8-11)17(13)9-12-6-10(2)18-16-12/h6,11,13-15H,3-5,7-9H2,1-2H3. The quantitative estimate of drug-likeness (QED) is 0.887. The molecular formula is C14H23N3O. The van der Waals surface area contributed by atoms with Crippen LogP contribution < -0.4 is 5.32 Å². The summed E-state index contributed by atoms with van der Waals surface area (Å²) in [5.74, 6) is 0.917. The summed E-state index contributed by atoms with van der Waals surface area (Å²) in [4.78, 5) is 2.64. The lowest BCUT2D eigenvalue weighted by molar-refractivity contribution is 0.107. The molecule has 2 aliphatic rings. The van der Waals surface area contributed by atoms with Crippen LogP contribution in [0.5, 0.6) is 0 Å². The summed E-state index contributed by atoms with van der Waals surface area (Å²) in [6, 6.07) is 4.27. The first-order valence-electron chi connectivity index (χ1n) is 7.17. The van der Waals surface area contributed by atoms with Gasteiger partial charge in [-0.2, -0.15) is 0 Å². The zero-order valence-corrected chi connectivity index (χ0v) is 11.4. The van der Waals surface area contributed by atoms with Gasteiger partial charge in [-0.15, -0.1) is 0 Å². The fraction of sp³-hybridized carbons (Fsp3) is 0.786. The van der Waals surface area contributed by atoms with Gasteiger partial charge in [-0.05, 0) is 39.2 Å². The average Bonchev–Trinajstić information content (AvgIpc) is 2.83. The predicted octanol–water partition coefficient (Wildman–Crippen LogP) is 2.09. The molecule has 3 heterocycles. The number of aromatic nitrogens is 1. The van der Waals surface area contributed by atoms with E-state index >= 15 is 0 Å². The van der Waals surface area contributed by atoms with Gasteiger partial charge >= 0.3 is 0 Å². The van der Waals surface area contributed by atoms with Crippen molar-refractivity contribution in [1.82, 2.24) is 15.4 Å². The summed E-state index contributed by atoms with van der Waals surface area (Å²) >= 11 is 0. The minimum absolute atomic E-state index is 0.725. The maximum absolute atomic E-state index is 5.17. The molecule has 2 fully saturated rings. The highest BCUT2D eigenvalue weighted by atomic mass is 16.5. The van der Waals surface area contributed by atoms with Crippen molar-refractivity contribution in [2.75, 3.05) is 6.54 Å². The third-order valence-electron chi connectivity index (χ3n) is 4.40. The molecule has 2 unspecified atom stereocenters. The van der Waals surface area contributed by atoms with Crippen LogP contribution in [0.1, 0.15) is 44.1 Å².